The number of rotatable bonds is 0. The van der Waals surface area contributed by atoms with Crippen LogP contribution in [0.3, 0.4) is 0 Å². The van der Waals surface area contributed by atoms with Crippen molar-refractivity contribution >= 4 is 0 Å². The van der Waals surface area contributed by atoms with Gasteiger partial charge in [-0.15, -0.1) is 0 Å². The summed E-state index contributed by atoms with van der Waals surface area (Å²) in [7, 11) is 0. The zero-order chi connectivity index (χ0) is 5.58. The Kier molecular flexibility index (Phi) is 14.7. The number of hydrogen-bond donors (Lipinski definition) is 0. The van der Waals surface area contributed by atoms with E-state index in [1.165, 1.54) is 5.92 Å². The third-order valence-electron chi connectivity index (χ3n) is 0. The maximum absolute atomic E-state index is 8.25. The van der Waals surface area contributed by atoms with Crippen LogP contribution in [0.1, 0.15) is 20.8 Å². The Morgan fingerprint density at radius 2 is 1.17 bits per heavy atom. The molecule has 0 saturated heterocycles. The third-order valence-corrected chi connectivity index (χ3v) is 0. The first kappa shape index (κ1) is 9.72. The van der Waals surface area contributed by atoms with Crippen LogP contribution in [0.2, 0.25) is 0 Å². The predicted octanol–water partition coefficient (Wildman–Crippen LogP) is 1.50. The summed E-state index contributed by atoms with van der Waals surface area (Å²) in [5.74, 6) is 1.42. The molecule has 0 unspecified atom stereocenters. The monoisotopic (exact) mass is 121 g/mol. The van der Waals surface area contributed by atoms with Crippen LogP contribution in [0.4, 0.5) is 0 Å². The van der Waals surface area contributed by atoms with Crippen molar-refractivity contribution in [3.05, 3.63) is 5.92 Å². The van der Waals surface area contributed by atoms with Gasteiger partial charge in [0.05, 0.1) is 0 Å². The molecule has 0 aromatic rings. The SMILES string of the molecule is C[C-](C)C.[O]=[Ti+]. The average Bonchev–Trinajstić information content (AvgIpc) is 1.41. The quantitative estimate of drug-likeness (QED) is 0.350. The molecule has 0 aromatic carbocycles. The van der Waals surface area contributed by atoms with E-state index in [1.54, 1.807) is 0 Å². The number of hydrogen-bond acceptors (Lipinski definition) is 1. The third kappa shape index (κ3) is 211. The van der Waals surface area contributed by atoms with Gasteiger partial charge in [0.2, 0.25) is 0 Å². The van der Waals surface area contributed by atoms with Crippen molar-refractivity contribution in [2.45, 2.75) is 20.8 Å². The normalized spacial score (nSPS) is 7.00. The van der Waals surface area contributed by atoms with Gasteiger partial charge in [-0.3, -0.25) is 0 Å². The Hall–Kier alpha value is 0.514. The zero-order valence-corrected chi connectivity index (χ0v) is 5.97. The molecule has 0 heterocycles. The minimum atomic E-state index is 0.750. The first-order valence-corrected chi connectivity index (χ1v) is 2.34. The molecule has 0 rings (SSSR count). The van der Waals surface area contributed by atoms with Crippen molar-refractivity contribution in [2.75, 3.05) is 0 Å². The summed E-state index contributed by atoms with van der Waals surface area (Å²) in [5.41, 5.74) is 0. The second-order valence-electron chi connectivity index (χ2n) is 1.50. The van der Waals surface area contributed by atoms with E-state index in [1.807, 2.05) is 0 Å². The molecule has 0 fully saturated rings. The van der Waals surface area contributed by atoms with E-state index >= 15 is 0 Å². The van der Waals surface area contributed by atoms with Gasteiger partial charge in [0.25, 0.3) is 0 Å². The molecule has 1 nitrogen and oxygen atoms in total. The molecule has 0 atom stereocenters. The van der Waals surface area contributed by atoms with Crippen LogP contribution in [0, 0.1) is 5.92 Å². The standard InChI is InChI=1S/C4H9.O.Ti/c1-4(2)3;;/h1-3H3;;/q-1;;+1. The first-order chi connectivity index (χ1) is 2.73. The van der Waals surface area contributed by atoms with E-state index in [2.05, 4.69) is 20.8 Å². The Balaban J connectivity index is 0. The van der Waals surface area contributed by atoms with Crippen LogP contribution in [-0.2, 0) is 23.7 Å². The van der Waals surface area contributed by atoms with E-state index < -0.39 is 0 Å². The fourth-order valence-corrected chi connectivity index (χ4v) is 0. The van der Waals surface area contributed by atoms with Gasteiger partial charge in [-0.1, -0.05) is 0 Å². The molecule has 0 radical (unpaired) electrons. The second-order valence-corrected chi connectivity index (χ2v) is 1.50. The van der Waals surface area contributed by atoms with Crippen molar-refractivity contribution in [3.8, 4) is 0 Å². The maximum atomic E-state index is 8.25. The van der Waals surface area contributed by atoms with Gasteiger partial charge >= 0.3 is 23.7 Å². The Bertz CT molecular complexity index is 18.8. The summed E-state index contributed by atoms with van der Waals surface area (Å²) in [6.45, 7) is 6.25. The Morgan fingerprint density at radius 3 is 1.17 bits per heavy atom. The topological polar surface area (TPSA) is 17.1 Å². The molecule has 0 amide bonds. The molecule has 0 aliphatic heterocycles. The van der Waals surface area contributed by atoms with Crippen LogP contribution in [0.25, 0.3) is 0 Å². The van der Waals surface area contributed by atoms with Gasteiger partial charge in [0, 0.05) is 0 Å². The van der Waals surface area contributed by atoms with Gasteiger partial charge in [0.1, 0.15) is 0 Å². The van der Waals surface area contributed by atoms with E-state index in [9.17, 15) is 0 Å². The molecule has 0 N–H and O–H groups in total. The van der Waals surface area contributed by atoms with Crippen LogP contribution < -0.4 is 0 Å². The minimum absolute atomic E-state index is 0.750. The van der Waals surface area contributed by atoms with Crippen LogP contribution in [0.15, 0.2) is 0 Å². The van der Waals surface area contributed by atoms with E-state index in [-0.39, 0.29) is 0 Å². The molecule has 0 aromatic heterocycles. The van der Waals surface area contributed by atoms with Gasteiger partial charge < -0.3 is 5.92 Å². The molecular formula is C4H9OTi. The molecule has 0 spiro atoms. The van der Waals surface area contributed by atoms with Gasteiger partial charge in [0.15, 0.2) is 0 Å². The first-order valence-electron chi connectivity index (χ1n) is 1.70. The molecule has 0 aliphatic carbocycles. The van der Waals surface area contributed by atoms with E-state index in [0.717, 1.165) is 20.4 Å². The Morgan fingerprint density at radius 1 is 1.17 bits per heavy atom. The summed E-state index contributed by atoms with van der Waals surface area (Å²) in [6.07, 6.45) is 0. The van der Waals surface area contributed by atoms with Crippen LogP contribution in [0.5, 0.6) is 0 Å². The summed E-state index contributed by atoms with van der Waals surface area (Å²) < 4.78 is 8.25. The van der Waals surface area contributed by atoms with Crippen molar-refractivity contribution in [1.82, 2.24) is 0 Å². The molecule has 0 saturated carbocycles. The van der Waals surface area contributed by atoms with Gasteiger partial charge in [-0.2, -0.15) is 20.8 Å². The Labute approximate surface area is 50.9 Å². The molecule has 2 heteroatoms. The van der Waals surface area contributed by atoms with Crippen molar-refractivity contribution in [1.29, 1.82) is 0 Å². The molecule has 35 valence electrons. The molecular weight excluding hydrogens is 112 g/mol. The van der Waals surface area contributed by atoms with Crippen molar-refractivity contribution in [3.63, 3.8) is 0 Å². The zero-order valence-electron chi connectivity index (χ0n) is 4.41. The summed E-state index contributed by atoms with van der Waals surface area (Å²) in [4.78, 5) is 0. The van der Waals surface area contributed by atoms with E-state index in [0.29, 0.717) is 0 Å². The fourth-order valence-electron chi connectivity index (χ4n) is 0. The van der Waals surface area contributed by atoms with Crippen molar-refractivity contribution in [2.24, 2.45) is 0 Å². The average molecular weight is 121 g/mol. The second kappa shape index (κ2) is 9.10. The predicted molar refractivity (Wildman–Crippen MR) is 21.0 cm³/mol. The fraction of sp³-hybridized carbons (Fsp3) is 0.750. The summed E-state index contributed by atoms with van der Waals surface area (Å²) in [6, 6.07) is 0. The molecule has 0 aliphatic rings. The van der Waals surface area contributed by atoms with E-state index in [4.69, 9.17) is 3.32 Å². The van der Waals surface area contributed by atoms with Gasteiger partial charge in [-0.25, -0.2) is 0 Å². The molecule has 0 bridgehead atoms. The van der Waals surface area contributed by atoms with Crippen LogP contribution in [-0.4, -0.2) is 0 Å². The molecule has 6 heavy (non-hydrogen) atoms. The summed E-state index contributed by atoms with van der Waals surface area (Å²) in [5, 5.41) is 0. The van der Waals surface area contributed by atoms with Crippen LogP contribution >= 0.6 is 0 Å². The summed E-state index contributed by atoms with van der Waals surface area (Å²) >= 11 is 0.750. The van der Waals surface area contributed by atoms with Crippen molar-refractivity contribution < 1.29 is 23.7 Å². The van der Waals surface area contributed by atoms with Gasteiger partial charge in [-0.05, 0) is 0 Å².